The molecule has 0 aliphatic carbocycles. The molecule has 3 rings (SSSR count). The van der Waals surface area contributed by atoms with Crippen molar-refractivity contribution in [1.82, 2.24) is 9.21 Å². The van der Waals surface area contributed by atoms with Crippen LogP contribution in [0.2, 0.25) is 0 Å². The predicted octanol–water partition coefficient (Wildman–Crippen LogP) is 4.69. The minimum Gasteiger partial charge on any atom is -0.341 e. The van der Waals surface area contributed by atoms with Gasteiger partial charge in [-0.2, -0.15) is 17.5 Å². The lowest BCUT2D eigenvalue weighted by Gasteiger charge is -2.33. The van der Waals surface area contributed by atoms with Gasteiger partial charge >= 0.3 is 6.18 Å². The number of benzene rings is 2. The molecule has 0 atom stereocenters. The van der Waals surface area contributed by atoms with Gasteiger partial charge in [-0.3, -0.25) is 4.79 Å². The Kier molecular flexibility index (Phi) is 7.24. The lowest BCUT2D eigenvalue weighted by atomic mass is 9.96. The number of carbonyl (C=O) groups is 1. The first-order chi connectivity index (χ1) is 15.3. The Morgan fingerprint density at radius 2 is 1.61 bits per heavy atom. The Balaban J connectivity index is 1.68. The smallest absolute Gasteiger partial charge is 0.341 e. The third kappa shape index (κ3) is 5.41. The number of amides is 1. The van der Waals surface area contributed by atoms with Crippen molar-refractivity contribution in [2.75, 3.05) is 20.1 Å². The molecule has 1 amide bonds. The molecule has 33 heavy (non-hydrogen) atoms. The van der Waals surface area contributed by atoms with E-state index in [1.807, 2.05) is 19.1 Å². The van der Waals surface area contributed by atoms with Gasteiger partial charge in [0.15, 0.2) is 0 Å². The number of nitrogens with zero attached hydrogens (tertiary/aromatic N) is 2. The van der Waals surface area contributed by atoms with Crippen molar-refractivity contribution in [3.05, 3.63) is 64.2 Å². The van der Waals surface area contributed by atoms with Gasteiger partial charge in [0.05, 0.1) is 10.5 Å². The summed E-state index contributed by atoms with van der Waals surface area (Å²) in [4.78, 5) is 14.5. The molecule has 0 radical (unpaired) electrons. The van der Waals surface area contributed by atoms with E-state index in [0.29, 0.717) is 28.9 Å². The average Bonchev–Trinajstić information content (AvgIpc) is 2.72. The van der Waals surface area contributed by atoms with E-state index in [0.717, 1.165) is 11.6 Å². The molecule has 2 aromatic carbocycles. The highest BCUT2D eigenvalue weighted by Gasteiger charge is 2.36. The zero-order valence-electron chi connectivity index (χ0n) is 19.2. The van der Waals surface area contributed by atoms with Crippen molar-refractivity contribution >= 4 is 15.9 Å². The van der Waals surface area contributed by atoms with E-state index in [-0.39, 0.29) is 31.1 Å². The van der Waals surface area contributed by atoms with E-state index in [1.165, 1.54) is 34.5 Å². The molecule has 0 unspecified atom stereocenters. The van der Waals surface area contributed by atoms with Crippen LogP contribution in [0.15, 0.2) is 41.3 Å². The first kappa shape index (κ1) is 25.2. The Morgan fingerprint density at radius 3 is 2.15 bits per heavy atom. The van der Waals surface area contributed by atoms with E-state index < -0.39 is 27.7 Å². The van der Waals surface area contributed by atoms with Gasteiger partial charge in [-0.15, -0.1) is 0 Å². The van der Waals surface area contributed by atoms with Crippen LogP contribution in [-0.4, -0.2) is 43.7 Å². The Hall–Kier alpha value is -2.39. The van der Waals surface area contributed by atoms with E-state index in [1.54, 1.807) is 13.8 Å². The highest BCUT2D eigenvalue weighted by atomic mass is 32.2. The predicted molar refractivity (Wildman–Crippen MR) is 120 cm³/mol. The fraction of sp³-hybridized carbons (Fsp3) is 0.458. The van der Waals surface area contributed by atoms with Crippen LogP contribution in [0.25, 0.3) is 0 Å². The summed E-state index contributed by atoms with van der Waals surface area (Å²) in [6.07, 6.45) is -3.84. The average molecular weight is 483 g/mol. The molecule has 2 aromatic rings. The van der Waals surface area contributed by atoms with Crippen LogP contribution in [0.5, 0.6) is 0 Å². The van der Waals surface area contributed by atoms with Crippen LogP contribution in [0.1, 0.15) is 40.7 Å². The van der Waals surface area contributed by atoms with Gasteiger partial charge in [-0.05, 0) is 56.4 Å². The van der Waals surface area contributed by atoms with Crippen LogP contribution < -0.4 is 0 Å². The quantitative estimate of drug-likeness (QED) is 0.621. The third-order valence-electron chi connectivity index (χ3n) is 6.11. The summed E-state index contributed by atoms with van der Waals surface area (Å²) >= 11 is 0. The van der Waals surface area contributed by atoms with Crippen molar-refractivity contribution in [3.63, 3.8) is 0 Å². The van der Waals surface area contributed by atoms with Crippen molar-refractivity contribution in [1.29, 1.82) is 0 Å². The summed E-state index contributed by atoms with van der Waals surface area (Å²) in [6.45, 7) is 5.69. The van der Waals surface area contributed by atoms with Crippen LogP contribution in [0.3, 0.4) is 0 Å². The van der Waals surface area contributed by atoms with Crippen molar-refractivity contribution < 1.29 is 26.4 Å². The van der Waals surface area contributed by atoms with Crippen LogP contribution in [0, 0.1) is 26.7 Å². The Bertz CT molecular complexity index is 1110. The molecule has 1 heterocycles. The van der Waals surface area contributed by atoms with E-state index in [4.69, 9.17) is 0 Å². The second kappa shape index (κ2) is 9.46. The van der Waals surface area contributed by atoms with Crippen molar-refractivity contribution in [3.8, 4) is 0 Å². The zero-order chi connectivity index (χ0) is 24.6. The molecule has 5 nitrogen and oxygen atoms in total. The van der Waals surface area contributed by atoms with Gasteiger partial charge in [0, 0.05) is 32.6 Å². The number of aryl methyl sites for hydroxylation is 3. The fourth-order valence-corrected chi connectivity index (χ4v) is 6.51. The highest BCUT2D eigenvalue weighted by Crippen LogP contribution is 2.33. The number of alkyl halides is 3. The Labute approximate surface area is 193 Å². The SMILES string of the molecule is Cc1cc(C)c(S(=O)(=O)N2CCC(C(=O)N(C)Cc3ccccc3C(F)(F)F)CC2)c(C)c1. The lowest BCUT2D eigenvalue weighted by Crippen LogP contribution is -2.43. The molecule has 0 N–H and O–H groups in total. The molecule has 0 saturated carbocycles. The summed E-state index contributed by atoms with van der Waals surface area (Å²) in [5.41, 5.74) is 1.64. The number of rotatable bonds is 5. The second-order valence-electron chi connectivity index (χ2n) is 8.76. The summed E-state index contributed by atoms with van der Waals surface area (Å²) in [5, 5.41) is 0. The number of carbonyl (C=O) groups excluding carboxylic acids is 1. The standard InChI is InChI=1S/C24H29F3N2O3S/c1-16-13-17(2)22(18(3)14-16)33(31,32)29-11-9-19(10-12-29)23(30)28(4)15-20-7-5-6-8-21(20)24(25,26)27/h5-8,13-14,19H,9-12,15H2,1-4H3. The molecular weight excluding hydrogens is 453 g/mol. The number of sulfonamides is 1. The van der Waals surface area contributed by atoms with E-state index in [9.17, 15) is 26.4 Å². The lowest BCUT2D eigenvalue weighted by molar-refractivity contribution is -0.140. The van der Waals surface area contributed by atoms with Gasteiger partial charge in [-0.1, -0.05) is 35.9 Å². The summed E-state index contributed by atoms with van der Waals surface area (Å²) in [6, 6.07) is 8.89. The minimum atomic E-state index is -4.49. The largest absolute Gasteiger partial charge is 0.416 e. The summed E-state index contributed by atoms with van der Waals surface area (Å²) in [7, 11) is -2.21. The molecule has 1 fully saturated rings. The molecule has 0 aromatic heterocycles. The number of piperidine rings is 1. The molecule has 1 saturated heterocycles. The first-order valence-electron chi connectivity index (χ1n) is 10.8. The maximum atomic E-state index is 13.3. The molecule has 1 aliphatic heterocycles. The zero-order valence-corrected chi connectivity index (χ0v) is 20.1. The highest BCUT2D eigenvalue weighted by molar-refractivity contribution is 7.89. The van der Waals surface area contributed by atoms with E-state index in [2.05, 4.69) is 0 Å². The second-order valence-corrected chi connectivity index (χ2v) is 10.6. The van der Waals surface area contributed by atoms with Gasteiger partial charge in [0.2, 0.25) is 15.9 Å². The van der Waals surface area contributed by atoms with Crippen molar-refractivity contribution in [2.45, 2.75) is 51.2 Å². The maximum absolute atomic E-state index is 13.3. The number of hydrogen-bond donors (Lipinski definition) is 0. The first-order valence-corrected chi connectivity index (χ1v) is 12.2. The van der Waals surface area contributed by atoms with Crippen LogP contribution in [-0.2, 0) is 27.5 Å². The number of hydrogen-bond acceptors (Lipinski definition) is 3. The topological polar surface area (TPSA) is 57.7 Å². The Morgan fingerprint density at radius 1 is 1.06 bits per heavy atom. The van der Waals surface area contributed by atoms with Crippen LogP contribution in [0.4, 0.5) is 13.2 Å². The van der Waals surface area contributed by atoms with Crippen LogP contribution >= 0.6 is 0 Å². The molecule has 0 spiro atoms. The van der Waals surface area contributed by atoms with Gasteiger partial charge in [0.1, 0.15) is 0 Å². The fourth-order valence-electron chi connectivity index (χ4n) is 4.63. The van der Waals surface area contributed by atoms with Crippen molar-refractivity contribution in [2.24, 2.45) is 5.92 Å². The normalized spacial score (nSPS) is 16.1. The summed E-state index contributed by atoms with van der Waals surface area (Å²) in [5.74, 6) is -0.702. The van der Waals surface area contributed by atoms with Gasteiger partial charge in [-0.25, -0.2) is 8.42 Å². The van der Waals surface area contributed by atoms with E-state index >= 15 is 0 Å². The maximum Gasteiger partial charge on any atom is 0.416 e. The molecule has 9 heteroatoms. The molecule has 1 aliphatic rings. The molecular formula is C24H29F3N2O3S. The van der Waals surface area contributed by atoms with Gasteiger partial charge in [0.25, 0.3) is 0 Å². The van der Waals surface area contributed by atoms with Gasteiger partial charge < -0.3 is 4.90 Å². The minimum absolute atomic E-state index is 0.0335. The number of halogens is 3. The summed E-state index contributed by atoms with van der Waals surface area (Å²) < 4.78 is 67.7. The monoisotopic (exact) mass is 482 g/mol. The molecule has 180 valence electrons. The molecule has 0 bridgehead atoms. The third-order valence-corrected chi connectivity index (χ3v) is 8.32.